The molecular formula is C15H21BrN2O3. The lowest BCUT2D eigenvalue weighted by molar-refractivity contribution is 0.0655. The second-order valence-corrected chi connectivity index (χ2v) is 5.83. The summed E-state index contributed by atoms with van der Waals surface area (Å²) < 4.78 is 11.6. The van der Waals surface area contributed by atoms with E-state index in [1.807, 2.05) is 18.7 Å². The average Bonchev–Trinajstić information content (AvgIpc) is 2.49. The van der Waals surface area contributed by atoms with Gasteiger partial charge < -0.3 is 19.7 Å². The van der Waals surface area contributed by atoms with Gasteiger partial charge in [0.2, 0.25) is 0 Å². The summed E-state index contributed by atoms with van der Waals surface area (Å²) in [6.45, 7) is 6.86. The number of nitrogens with one attached hydrogen (secondary N) is 1. The topological polar surface area (TPSA) is 50.8 Å². The van der Waals surface area contributed by atoms with E-state index in [2.05, 4.69) is 21.2 Å². The number of nitrogens with zero attached hydrogens (tertiary/aromatic N) is 1. The van der Waals surface area contributed by atoms with Crippen molar-refractivity contribution in [3.8, 4) is 11.5 Å². The average molecular weight is 357 g/mol. The zero-order valence-electron chi connectivity index (χ0n) is 12.6. The first-order valence-electron chi connectivity index (χ1n) is 7.10. The van der Waals surface area contributed by atoms with Gasteiger partial charge >= 0.3 is 0 Å². The van der Waals surface area contributed by atoms with Crippen molar-refractivity contribution in [2.75, 3.05) is 33.4 Å². The van der Waals surface area contributed by atoms with E-state index in [1.165, 1.54) is 0 Å². The fraction of sp³-hybridized carbons (Fsp3) is 0.533. The molecule has 1 aliphatic heterocycles. The molecule has 0 unspecified atom stereocenters. The molecule has 1 atom stereocenters. The maximum Gasteiger partial charge on any atom is 0.254 e. The van der Waals surface area contributed by atoms with E-state index in [0.29, 0.717) is 30.2 Å². The van der Waals surface area contributed by atoms with Gasteiger partial charge in [-0.15, -0.1) is 0 Å². The SMILES string of the molecule is CCOc1c(Br)cc(C(=O)N2CCNC[C@@H]2C)cc1OC. The molecule has 0 spiro atoms. The first-order valence-corrected chi connectivity index (χ1v) is 7.89. The molecule has 0 saturated carbocycles. The summed E-state index contributed by atoms with van der Waals surface area (Å²) in [5, 5.41) is 3.28. The van der Waals surface area contributed by atoms with Gasteiger partial charge in [0.1, 0.15) is 0 Å². The molecular weight excluding hydrogens is 336 g/mol. The lowest BCUT2D eigenvalue weighted by Crippen LogP contribution is -2.52. The van der Waals surface area contributed by atoms with Crippen molar-refractivity contribution in [2.24, 2.45) is 0 Å². The number of carbonyl (C=O) groups is 1. The van der Waals surface area contributed by atoms with Gasteiger partial charge in [0.05, 0.1) is 18.2 Å². The molecule has 0 aromatic heterocycles. The Labute approximate surface area is 133 Å². The highest BCUT2D eigenvalue weighted by Crippen LogP contribution is 2.37. The van der Waals surface area contributed by atoms with Crippen molar-refractivity contribution in [3.63, 3.8) is 0 Å². The Bertz CT molecular complexity index is 522. The van der Waals surface area contributed by atoms with E-state index < -0.39 is 0 Å². The number of carbonyl (C=O) groups excluding carboxylic acids is 1. The summed E-state index contributed by atoms with van der Waals surface area (Å²) >= 11 is 3.46. The fourth-order valence-corrected chi connectivity index (χ4v) is 2.99. The third-order valence-electron chi connectivity index (χ3n) is 3.53. The van der Waals surface area contributed by atoms with Gasteiger partial charge in [-0.25, -0.2) is 0 Å². The summed E-state index contributed by atoms with van der Waals surface area (Å²) in [6.07, 6.45) is 0. The van der Waals surface area contributed by atoms with Crippen molar-refractivity contribution < 1.29 is 14.3 Å². The molecule has 1 aromatic rings. The van der Waals surface area contributed by atoms with Gasteiger partial charge in [-0.05, 0) is 41.9 Å². The molecule has 1 amide bonds. The van der Waals surface area contributed by atoms with Crippen molar-refractivity contribution in [1.82, 2.24) is 10.2 Å². The Morgan fingerprint density at radius 2 is 2.29 bits per heavy atom. The summed E-state index contributed by atoms with van der Waals surface area (Å²) in [7, 11) is 1.58. The third-order valence-corrected chi connectivity index (χ3v) is 4.12. The fourth-order valence-electron chi connectivity index (χ4n) is 2.44. The normalized spacial score (nSPS) is 18.5. The first-order chi connectivity index (χ1) is 10.1. The largest absolute Gasteiger partial charge is 0.493 e. The number of ether oxygens (including phenoxy) is 2. The van der Waals surface area contributed by atoms with Crippen LogP contribution >= 0.6 is 15.9 Å². The standard InChI is InChI=1S/C15H21BrN2O3/c1-4-21-14-12(16)7-11(8-13(14)20-3)15(19)18-6-5-17-9-10(18)2/h7-8,10,17H,4-6,9H2,1-3H3/t10-/m0/s1. The third kappa shape index (κ3) is 3.49. The molecule has 116 valence electrons. The van der Waals surface area contributed by atoms with Crippen molar-refractivity contribution >= 4 is 21.8 Å². The van der Waals surface area contributed by atoms with Gasteiger partial charge in [-0.3, -0.25) is 4.79 Å². The van der Waals surface area contributed by atoms with E-state index in [4.69, 9.17) is 9.47 Å². The van der Waals surface area contributed by atoms with Gasteiger partial charge in [-0.1, -0.05) is 0 Å². The zero-order valence-corrected chi connectivity index (χ0v) is 14.2. The summed E-state index contributed by atoms with van der Waals surface area (Å²) in [4.78, 5) is 14.6. The molecule has 0 aliphatic carbocycles. The smallest absolute Gasteiger partial charge is 0.254 e. The van der Waals surface area contributed by atoms with Crippen molar-refractivity contribution in [2.45, 2.75) is 19.9 Å². The van der Waals surface area contributed by atoms with Crippen LogP contribution in [0.3, 0.4) is 0 Å². The number of halogens is 1. The highest BCUT2D eigenvalue weighted by atomic mass is 79.9. The van der Waals surface area contributed by atoms with Crippen molar-refractivity contribution in [3.05, 3.63) is 22.2 Å². The van der Waals surface area contributed by atoms with Crippen LogP contribution in [0.4, 0.5) is 0 Å². The Morgan fingerprint density at radius 1 is 1.52 bits per heavy atom. The highest BCUT2D eigenvalue weighted by molar-refractivity contribution is 9.10. The number of piperazine rings is 1. The number of amides is 1. The van der Waals surface area contributed by atoms with E-state index in [-0.39, 0.29) is 11.9 Å². The van der Waals surface area contributed by atoms with E-state index >= 15 is 0 Å². The Kier molecular flexibility index (Phi) is 5.47. The molecule has 0 radical (unpaired) electrons. The molecule has 1 N–H and O–H groups in total. The van der Waals surface area contributed by atoms with Crippen LogP contribution in [-0.4, -0.2) is 50.2 Å². The van der Waals surface area contributed by atoms with Crippen molar-refractivity contribution in [1.29, 1.82) is 0 Å². The maximum absolute atomic E-state index is 12.7. The minimum absolute atomic E-state index is 0.0195. The molecule has 1 aliphatic rings. The molecule has 21 heavy (non-hydrogen) atoms. The summed E-state index contributed by atoms with van der Waals surface area (Å²) in [5.74, 6) is 1.22. The molecule has 1 heterocycles. The van der Waals surface area contributed by atoms with Gasteiger partial charge in [0.25, 0.3) is 5.91 Å². The van der Waals surface area contributed by atoms with Gasteiger partial charge in [0, 0.05) is 31.2 Å². The highest BCUT2D eigenvalue weighted by Gasteiger charge is 2.25. The molecule has 0 bridgehead atoms. The monoisotopic (exact) mass is 356 g/mol. The molecule has 1 saturated heterocycles. The zero-order chi connectivity index (χ0) is 15.4. The number of rotatable bonds is 4. The lowest BCUT2D eigenvalue weighted by Gasteiger charge is -2.34. The van der Waals surface area contributed by atoms with Crippen LogP contribution in [0.5, 0.6) is 11.5 Å². The lowest BCUT2D eigenvalue weighted by atomic mass is 10.1. The number of benzene rings is 1. The Hall–Kier alpha value is -1.27. The van der Waals surface area contributed by atoms with Crippen LogP contribution in [0.2, 0.25) is 0 Å². The number of hydrogen-bond acceptors (Lipinski definition) is 4. The minimum Gasteiger partial charge on any atom is -0.493 e. The summed E-state index contributed by atoms with van der Waals surface area (Å²) in [5.41, 5.74) is 0.607. The van der Waals surface area contributed by atoms with Crippen LogP contribution in [0, 0.1) is 0 Å². The molecule has 6 heteroatoms. The van der Waals surface area contributed by atoms with E-state index in [0.717, 1.165) is 17.6 Å². The van der Waals surface area contributed by atoms with E-state index in [9.17, 15) is 4.79 Å². The number of hydrogen-bond donors (Lipinski definition) is 1. The quantitative estimate of drug-likeness (QED) is 0.899. The summed E-state index contributed by atoms with van der Waals surface area (Å²) in [6, 6.07) is 3.72. The van der Waals surface area contributed by atoms with Crippen LogP contribution in [0.15, 0.2) is 16.6 Å². The second kappa shape index (κ2) is 7.13. The Balaban J connectivity index is 2.31. The van der Waals surface area contributed by atoms with Crippen LogP contribution < -0.4 is 14.8 Å². The van der Waals surface area contributed by atoms with Crippen LogP contribution in [0.1, 0.15) is 24.2 Å². The predicted octanol–water partition coefficient (Wildman–Crippen LogP) is 2.29. The maximum atomic E-state index is 12.7. The van der Waals surface area contributed by atoms with Gasteiger partial charge in [-0.2, -0.15) is 0 Å². The number of methoxy groups -OCH3 is 1. The Morgan fingerprint density at radius 3 is 2.90 bits per heavy atom. The first kappa shape index (κ1) is 16.1. The second-order valence-electron chi connectivity index (χ2n) is 4.97. The minimum atomic E-state index is 0.0195. The predicted molar refractivity (Wildman–Crippen MR) is 85.2 cm³/mol. The molecule has 2 rings (SSSR count). The van der Waals surface area contributed by atoms with Crippen LogP contribution in [0.25, 0.3) is 0 Å². The van der Waals surface area contributed by atoms with Gasteiger partial charge in [0.15, 0.2) is 11.5 Å². The van der Waals surface area contributed by atoms with Crippen LogP contribution in [-0.2, 0) is 0 Å². The van der Waals surface area contributed by atoms with E-state index in [1.54, 1.807) is 19.2 Å². The molecule has 5 nitrogen and oxygen atoms in total. The molecule has 1 fully saturated rings. The molecule has 1 aromatic carbocycles.